The van der Waals surface area contributed by atoms with E-state index in [1.54, 1.807) is 4.88 Å². The molecule has 3 rings (SSSR count). The van der Waals surface area contributed by atoms with Gasteiger partial charge in [-0.15, -0.1) is 11.3 Å². The predicted octanol–water partition coefficient (Wildman–Crippen LogP) is 5.93. The molecule has 1 heterocycles. The van der Waals surface area contributed by atoms with Crippen LogP contribution in [0.15, 0.2) is 17.5 Å². The highest BCUT2D eigenvalue weighted by Crippen LogP contribution is 2.39. The normalized spacial score (nSPS) is 28.8. The van der Waals surface area contributed by atoms with Crippen LogP contribution in [0.5, 0.6) is 0 Å². The topological polar surface area (TPSA) is 12.0 Å². The highest BCUT2D eigenvalue weighted by atomic mass is 32.1. The molecule has 1 nitrogen and oxygen atoms in total. The molecule has 0 bridgehead atoms. The Hall–Kier alpha value is -0.340. The SMILES string of the molecule is CCCC1CCC(NC(c2cccs2)C2CCCC2)CC1. The molecule has 0 saturated heterocycles. The molecular formula is C19H31NS. The van der Waals surface area contributed by atoms with Crippen LogP contribution >= 0.6 is 11.3 Å². The Morgan fingerprint density at radius 2 is 1.90 bits per heavy atom. The quantitative estimate of drug-likeness (QED) is 0.687. The van der Waals surface area contributed by atoms with E-state index in [1.165, 1.54) is 64.2 Å². The molecule has 0 radical (unpaired) electrons. The largest absolute Gasteiger partial charge is 0.306 e. The van der Waals surface area contributed by atoms with Crippen LogP contribution in [0.4, 0.5) is 0 Å². The third-order valence-electron chi connectivity index (χ3n) is 5.68. The van der Waals surface area contributed by atoms with Gasteiger partial charge >= 0.3 is 0 Å². The van der Waals surface area contributed by atoms with Crippen molar-refractivity contribution in [2.24, 2.45) is 11.8 Å². The predicted molar refractivity (Wildman–Crippen MR) is 92.8 cm³/mol. The molecule has 2 saturated carbocycles. The van der Waals surface area contributed by atoms with E-state index in [0.717, 1.165) is 17.9 Å². The second-order valence-corrected chi connectivity index (χ2v) is 8.19. The van der Waals surface area contributed by atoms with Crippen molar-refractivity contribution in [1.29, 1.82) is 0 Å². The first-order valence-corrected chi connectivity index (χ1v) is 10.0. The Bertz CT molecular complexity index is 386. The van der Waals surface area contributed by atoms with Crippen LogP contribution in [-0.4, -0.2) is 6.04 Å². The van der Waals surface area contributed by atoms with Crippen molar-refractivity contribution in [3.63, 3.8) is 0 Å². The van der Waals surface area contributed by atoms with Crippen molar-refractivity contribution in [3.8, 4) is 0 Å². The lowest BCUT2D eigenvalue weighted by molar-refractivity contribution is 0.240. The number of rotatable bonds is 6. The summed E-state index contributed by atoms with van der Waals surface area (Å²) in [7, 11) is 0. The van der Waals surface area contributed by atoms with Gasteiger partial charge in [0.25, 0.3) is 0 Å². The maximum atomic E-state index is 4.07. The van der Waals surface area contributed by atoms with E-state index < -0.39 is 0 Å². The van der Waals surface area contributed by atoms with Gasteiger partial charge in [-0.2, -0.15) is 0 Å². The standard InChI is InChI=1S/C19H31NS/c1-2-6-15-10-12-17(13-11-15)20-19(16-7-3-4-8-16)18-9-5-14-21-18/h5,9,14-17,19-20H,2-4,6-8,10-13H2,1H3. The minimum Gasteiger partial charge on any atom is -0.306 e. The molecule has 1 aromatic rings. The average molecular weight is 306 g/mol. The summed E-state index contributed by atoms with van der Waals surface area (Å²) in [6.45, 7) is 2.33. The molecule has 2 fully saturated rings. The molecule has 1 unspecified atom stereocenters. The lowest BCUT2D eigenvalue weighted by Crippen LogP contribution is -2.38. The summed E-state index contributed by atoms with van der Waals surface area (Å²) in [5.74, 6) is 1.90. The van der Waals surface area contributed by atoms with Crippen molar-refractivity contribution >= 4 is 11.3 Å². The van der Waals surface area contributed by atoms with E-state index in [2.05, 4.69) is 29.8 Å². The number of nitrogens with one attached hydrogen (secondary N) is 1. The van der Waals surface area contributed by atoms with E-state index in [-0.39, 0.29) is 0 Å². The minimum absolute atomic E-state index is 0.639. The van der Waals surface area contributed by atoms with Gasteiger partial charge < -0.3 is 5.32 Å². The van der Waals surface area contributed by atoms with E-state index in [0.29, 0.717) is 6.04 Å². The number of thiophene rings is 1. The highest BCUT2D eigenvalue weighted by molar-refractivity contribution is 7.10. The third kappa shape index (κ3) is 4.10. The zero-order valence-electron chi connectivity index (χ0n) is 13.5. The van der Waals surface area contributed by atoms with Gasteiger partial charge in [0.2, 0.25) is 0 Å². The molecule has 2 aliphatic rings. The fraction of sp³-hybridized carbons (Fsp3) is 0.789. The molecule has 1 atom stereocenters. The smallest absolute Gasteiger partial charge is 0.0445 e. The molecule has 0 amide bonds. The van der Waals surface area contributed by atoms with Gasteiger partial charge in [-0.3, -0.25) is 0 Å². The average Bonchev–Trinajstić information content (AvgIpc) is 3.20. The van der Waals surface area contributed by atoms with Gasteiger partial charge in [0.15, 0.2) is 0 Å². The Morgan fingerprint density at radius 1 is 1.14 bits per heavy atom. The molecular weight excluding hydrogens is 274 g/mol. The summed E-state index contributed by atoms with van der Waals surface area (Å²) in [6, 6.07) is 5.98. The van der Waals surface area contributed by atoms with Crippen LogP contribution in [-0.2, 0) is 0 Å². The lowest BCUT2D eigenvalue weighted by atomic mass is 9.82. The Labute approximate surface area is 134 Å². The number of hydrogen-bond donors (Lipinski definition) is 1. The number of hydrogen-bond acceptors (Lipinski definition) is 2. The molecule has 1 aromatic heterocycles. The van der Waals surface area contributed by atoms with E-state index in [9.17, 15) is 0 Å². The molecule has 21 heavy (non-hydrogen) atoms. The minimum atomic E-state index is 0.639. The second kappa shape index (κ2) is 7.78. The molecule has 2 aliphatic carbocycles. The first-order valence-electron chi connectivity index (χ1n) is 9.16. The van der Waals surface area contributed by atoms with E-state index in [4.69, 9.17) is 0 Å². The van der Waals surface area contributed by atoms with Gasteiger partial charge in [-0.25, -0.2) is 0 Å². The van der Waals surface area contributed by atoms with Crippen molar-refractivity contribution in [3.05, 3.63) is 22.4 Å². The zero-order chi connectivity index (χ0) is 14.5. The Morgan fingerprint density at radius 3 is 2.52 bits per heavy atom. The summed E-state index contributed by atoms with van der Waals surface area (Å²) >= 11 is 1.95. The summed E-state index contributed by atoms with van der Waals surface area (Å²) in [5.41, 5.74) is 0. The highest BCUT2D eigenvalue weighted by Gasteiger charge is 2.30. The van der Waals surface area contributed by atoms with E-state index >= 15 is 0 Å². The molecule has 118 valence electrons. The molecule has 0 aromatic carbocycles. The molecule has 1 N–H and O–H groups in total. The van der Waals surface area contributed by atoms with Gasteiger partial charge in [0, 0.05) is 17.0 Å². The van der Waals surface area contributed by atoms with Crippen molar-refractivity contribution < 1.29 is 0 Å². The summed E-state index contributed by atoms with van der Waals surface area (Å²) in [6.07, 6.45) is 14.3. The first kappa shape index (κ1) is 15.6. The van der Waals surface area contributed by atoms with Crippen LogP contribution < -0.4 is 5.32 Å². The monoisotopic (exact) mass is 305 g/mol. The van der Waals surface area contributed by atoms with Crippen molar-refractivity contribution in [1.82, 2.24) is 5.32 Å². The second-order valence-electron chi connectivity index (χ2n) is 7.21. The van der Waals surface area contributed by atoms with Crippen LogP contribution in [0.2, 0.25) is 0 Å². The van der Waals surface area contributed by atoms with Gasteiger partial charge in [0.05, 0.1) is 0 Å². The summed E-state index contributed by atoms with van der Waals surface area (Å²) in [4.78, 5) is 1.58. The Kier molecular flexibility index (Phi) is 5.76. The van der Waals surface area contributed by atoms with Crippen molar-refractivity contribution in [2.75, 3.05) is 0 Å². The van der Waals surface area contributed by atoms with Crippen molar-refractivity contribution in [2.45, 2.75) is 83.2 Å². The molecule has 0 aliphatic heterocycles. The molecule has 2 heteroatoms. The Balaban J connectivity index is 1.57. The van der Waals surface area contributed by atoms with Crippen LogP contribution in [0, 0.1) is 11.8 Å². The van der Waals surface area contributed by atoms with Crippen LogP contribution in [0.3, 0.4) is 0 Å². The summed E-state index contributed by atoms with van der Waals surface area (Å²) in [5, 5.41) is 6.32. The maximum absolute atomic E-state index is 4.07. The van der Waals surface area contributed by atoms with E-state index in [1.807, 2.05) is 11.3 Å². The first-order chi connectivity index (χ1) is 10.4. The fourth-order valence-corrected chi connectivity index (χ4v) is 5.37. The van der Waals surface area contributed by atoms with Crippen LogP contribution in [0.25, 0.3) is 0 Å². The van der Waals surface area contributed by atoms with Gasteiger partial charge in [-0.05, 0) is 61.8 Å². The third-order valence-corrected chi connectivity index (χ3v) is 6.64. The van der Waals surface area contributed by atoms with Gasteiger partial charge in [0.1, 0.15) is 0 Å². The van der Waals surface area contributed by atoms with Crippen LogP contribution in [0.1, 0.15) is 82.1 Å². The zero-order valence-corrected chi connectivity index (χ0v) is 14.3. The maximum Gasteiger partial charge on any atom is 0.0445 e. The fourth-order valence-electron chi connectivity index (χ4n) is 4.49. The molecule has 0 spiro atoms. The lowest BCUT2D eigenvalue weighted by Gasteiger charge is -2.34. The summed E-state index contributed by atoms with van der Waals surface area (Å²) < 4.78 is 0. The van der Waals surface area contributed by atoms with Gasteiger partial charge in [-0.1, -0.05) is 38.7 Å².